The molecular formula is C24H27F4N5O3. The quantitative estimate of drug-likeness (QED) is 0.497. The Labute approximate surface area is 205 Å². The van der Waals surface area contributed by atoms with E-state index in [2.05, 4.69) is 37.0 Å². The molecule has 2 aromatic heterocycles. The Bertz CT molecular complexity index is 1260. The molecule has 0 amide bonds. The second-order valence-electron chi connectivity index (χ2n) is 9.42. The van der Waals surface area contributed by atoms with Crippen molar-refractivity contribution >= 4 is 16.7 Å². The number of rotatable bonds is 5. The molecule has 5 rings (SSSR count). The van der Waals surface area contributed by atoms with Crippen LogP contribution in [0.4, 0.5) is 23.4 Å². The van der Waals surface area contributed by atoms with Gasteiger partial charge in [0.1, 0.15) is 17.1 Å². The van der Waals surface area contributed by atoms with E-state index in [1.165, 1.54) is 0 Å². The van der Waals surface area contributed by atoms with Crippen molar-refractivity contribution in [2.45, 2.75) is 64.5 Å². The molecule has 3 atom stereocenters. The first-order chi connectivity index (χ1) is 17.1. The molecule has 1 aromatic carbocycles. The van der Waals surface area contributed by atoms with Crippen LogP contribution in [0.1, 0.15) is 37.6 Å². The average Bonchev–Trinajstić information content (AvgIpc) is 3.45. The van der Waals surface area contributed by atoms with Crippen molar-refractivity contribution in [1.29, 1.82) is 0 Å². The lowest BCUT2D eigenvalue weighted by molar-refractivity contribution is -0.274. The number of halogens is 4. The smallest absolute Gasteiger partial charge is 0.406 e. The topological polar surface area (TPSA) is 85.5 Å². The van der Waals surface area contributed by atoms with Crippen LogP contribution in [0.3, 0.4) is 0 Å². The lowest BCUT2D eigenvalue weighted by Gasteiger charge is -2.40. The normalized spacial score (nSPS) is 23.0. The van der Waals surface area contributed by atoms with Gasteiger partial charge < -0.3 is 24.2 Å². The van der Waals surface area contributed by atoms with Gasteiger partial charge in [-0.05, 0) is 51.7 Å². The van der Waals surface area contributed by atoms with Crippen LogP contribution in [0.15, 0.2) is 16.7 Å². The predicted octanol–water partition coefficient (Wildman–Crippen LogP) is 4.68. The van der Waals surface area contributed by atoms with Crippen molar-refractivity contribution < 1.29 is 31.6 Å². The number of hydrogen-bond acceptors (Lipinski definition) is 8. The molecule has 2 aliphatic rings. The SMILES string of the molecule is Cc1noc(-c2c(N3CC[C@@H](NC4CCOC4)C[C@H]3C)nc3c(F)cc(OC(F)(F)F)cc3c2C)n1. The Morgan fingerprint density at radius 2 is 1.94 bits per heavy atom. The minimum absolute atomic E-state index is 0.0431. The van der Waals surface area contributed by atoms with Crippen LogP contribution in [0.2, 0.25) is 0 Å². The van der Waals surface area contributed by atoms with Crippen molar-refractivity contribution in [3.63, 3.8) is 0 Å². The summed E-state index contributed by atoms with van der Waals surface area (Å²) in [6.07, 6.45) is -2.30. The number of aryl methyl sites for hydroxylation is 2. The van der Waals surface area contributed by atoms with Gasteiger partial charge in [-0.15, -0.1) is 13.2 Å². The Balaban J connectivity index is 1.56. The van der Waals surface area contributed by atoms with Crippen molar-refractivity contribution in [2.75, 3.05) is 24.7 Å². The van der Waals surface area contributed by atoms with E-state index >= 15 is 4.39 Å². The zero-order valence-corrected chi connectivity index (χ0v) is 20.2. The van der Waals surface area contributed by atoms with Crippen molar-refractivity contribution in [3.8, 4) is 17.2 Å². The number of alkyl halides is 3. The fourth-order valence-corrected chi connectivity index (χ4v) is 5.13. The number of nitrogens with zero attached hydrogens (tertiary/aromatic N) is 4. The molecule has 2 aliphatic heterocycles. The van der Waals surface area contributed by atoms with E-state index in [1.807, 2.05) is 0 Å². The second-order valence-corrected chi connectivity index (χ2v) is 9.42. The van der Waals surface area contributed by atoms with Crippen LogP contribution in [0.5, 0.6) is 5.75 Å². The highest BCUT2D eigenvalue weighted by Crippen LogP contribution is 2.40. The number of benzene rings is 1. The van der Waals surface area contributed by atoms with E-state index in [0.717, 1.165) is 31.9 Å². The third-order valence-corrected chi connectivity index (χ3v) is 6.78. The number of piperidine rings is 1. The van der Waals surface area contributed by atoms with Gasteiger partial charge in [0.2, 0.25) is 0 Å². The molecule has 2 saturated heterocycles. The molecule has 4 heterocycles. The van der Waals surface area contributed by atoms with Gasteiger partial charge in [0, 0.05) is 42.7 Å². The first-order valence-electron chi connectivity index (χ1n) is 11.9. The van der Waals surface area contributed by atoms with Crippen molar-refractivity contribution in [1.82, 2.24) is 20.4 Å². The van der Waals surface area contributed by atoms with Crippen LogP contribution in [0.25, 0.3) is 22.4 Å². The van der Waals surface area contributed by atoms with Crippen LogP contribution < -0.4 is 15.0 Å². The molecular weight excluding hydrogens is 482 g/mol. The van der Waals surface area contributed by atoms with E-state index in [1.54, 1.807) is 13.8 Å². The van der Waals surface area contributed by atoms with Gasteiger partial charge in [-0.1, -0.05) is 5.16 Å². The molecule has 194 valence electrons. The summed E-state index contributed by atoms with van der Waals surface area (Å²) in [6.45, 7) is 7.53. The Morgan fingerprint density at radius 1 is 1.14 bits per heavy atom. The zero-order valence-electron chi connectivity index (χ0n) is 20.2. The Hall–Kier alpha value is -2.99. The molecule has 3 aromatic rings. The molecule has 1 N–H and O–H groups in total. The van der Waals surface area contributed by atoms with E-state index in [0.29, 0.717) is 54.1 Å². The predicted molar refractivity (Wildman–Crippen MR) is 123 cm³/mol. The number of anilines is 1. The molecule has 2 fully saturated rings. The van der Waals surface area contributed by atoms with Crippen LogP contribution in [-0.2, 0) is 4.74 Å². The fraction of sp³-hybridized carbons (Fsp3) is 0.542. The maximum absolute atomic E-state index is 15.1. The lowest BCUT2D eigenvalue weighted by Crippen LogP contribution is -2.50. The summed E-state index contributed by atoms with van der Waals surface area (Å²) in [5, 5.41) is 7.71. The van der Waals surface area contributed by atoms with Crippen molar-refractivity contribution in [2.24, 2.45) is 0 Å². The molecule has 0 radical (unpaired) electrons. The summed E-state index contributed by atoms with van der Waals surface area (Å²) in [6, 6.07) is 2.52. The summed E-state index contributed by atoms with van der Waals surface area (Å²) in [5.74, 6) is -0.538. The minimum Gasteiger partial charge on any atom is -0.406 e. The number of fused-ring (bicyclic) bond motifs is 1. The Kier molecular flexibility index (Phi) is 6.50. The van der Waals surface area contributed by atoms with Crippen molar-refractivity contribution in [3.05, 3.63) is 29.3 Å². The summed E-state index contributed by atoms with van der Waals surface area (Å²) in [5.41, 5.74) is 0.891. The van der Waals surface area contributed by atoms with Gasteiger partial charge in [-0.2, -0.15) is 4.98 Å². The fourth-order valence-electron chi connectivity index (χ4n) is 5.13. The number of nitrogens with one attached hydrogen (secondary N) is 1. The largest absolute Gasteiger partial charge is 0.573 e. The second kappa shape index (κ2) is 9.47. The molecule has 8 nitrogen and oxygen atoms in total. The Morgan fingerprint density at radius 3 is 2.58 bits per heavy atom. The molecule has 12 heteroatoms. The monoisotopic (exact) mass is 509 g/mol. The van der Waals surface area contributed by atoms with Gasteiger partial charge in [-0.3, -0.25) is 0 Å². The highest BCUT2D eigenvalue weighted by Gasteiger charge is 2.34. The molecule has 0 saturated carbocycles. The van der Waals surface area contributed by atoms with Gasteiger partial charge >= 0.3 is 6.36 Å². The summed E-state index contributed by atoms with van der Waals surface area (Å²) in [7, 11) is 0. The third kappa shape index (κ3) is 4.96. The molecule has 0 aliphatic carbocycles. The number of hydrogen-bond donors (Lipinski definition) is 1. The summed E-state index contributed by atoms with van der Waals surface area (Å²) in [4.78, 5) is 11.0. The lowest BCUT2D eigenvalue weighted by atomic mass is 9.95. The van der Waals surface area contributed by atoms with Crippen LogP contribution in [-0.4, -0.2) is 59.4 Å². The zero-order chi connectivity index (χ0) is 25.6. The first kappa shape index (κ1) is 24.7. The first-order valence-corrected chi connectivity index (χ1v) is 11.9. The third-order valence-electron chi connectivity index (χ3n) is 6.78. The minimum atomic E-state index is -4.95. The van der Waals surface area contributed by atoms with Gasteiger partial charge in [0.05, 0.1) is 12.2 Å². The summed E-state index contributed by atoms with van der Waals surface area (Å²) >= 11 is 0. The molecule has 36 heavy (non-hydrogen) atoms. The average molecular weight is 510 g/mol. The number of ether oxygens (including phenoxy) is 2. The van der Waals surface area contributed by atoms with E-state index in [9.17, 15) is 13.2 Å². The maximum atomic E-state index is 15.1. The number of aromatic nitrogens is 3. The maximum Gasteiger partial charge on any atom is 0.573 e. The molecule has 0 spiro atoms. The molecule has 0 bridgehead atoms. The van der Waals surface area contributed by atoms with Crippen LogP contribution in [0, 0.1) is 19.7 Å². The summed E-state index contributed by atoms with van der Waals surface area (Å²) < 4.78 is 68.4. The highest BCUT2D eigenvalue weighted by atomic mass is 19.4. The van der Waals surface area contributed by atoms with Crippen LogP contribution >= 0.6 is 0 Å². The van der Waals surface area contributed by atoms with Gasteiger partial charge in [-0.25, -0.2) is 9.37 Å². The van der Waals surface area contributed by atoms with Gasteiger partial charge in [0.15, 0.2) is 11.6 Å². The van der Waals surface area contributed by atoms with E-state index in [-0.39, 0.29) is 22.8 Å². The van der Waals surface area contributed by atoms with E-state index < -0.39 is 17.9 Å². The highest BCUT2D eigenvalue weighted by molar-refractivity contribution is 5.93. The van der Waals surface area contributed by atoms with Gasteiger partial charge in [0.25, 0.3) is 5.89 Å². The molecule has 1 unspecified atom stereocenters. The number of pyridine rings is 1. The standard InChI is InChI=1S/C24H27F4N5O3/c1-12-8-15(30-16-5-7-34-11-16)4-6-33(12)22-20(23-29-14(3)32-36-23)13(2)18-9-17(35-24(26,27)28)10-19(25)21(18)31-22/h9-10,12,15-16,30H,4-8,11H2,1-3H3/t12-,15-,16?/m1/s1. The van der Waals surface area contributed by atoms with E-state index in [4.69, 9.17) is 9.26 Å².